The Morgan fingerprint density at radius 1 is 1.03 bits per heavy atom. The van der Waals surface area contributed by atoms with Crippen molar-refractivity contribution in [2.24, 2.45) is 0 Å². The van der Waals surface area contributed by atoms with Crippen LogP contribution in [0.5, 0.6) is 17.2 Å². The SMILES string of the molecule is COc1ccc(CNC(=O)c2ccc(N3CCOCC3)c(C)c2)c(OC)c1OC. The van der Waals surface area contributed by atoms with Crippen LogP contribution in [0.15, 0.2) is 30.3 Å². The van der Waals surface area contributed by atoms with E-state index < -0.39 is 0 Å². The summed E-state index contributed by atoms with van der Waals surface area (Å²) in [4.78, 5) is 15.0. The van der Waals surface area contributed by atoms with E-state index in [0.717, 1.165) is 43.1 Å². The van der Waals surface area contributed by atoms with Crippen LogP contribution in [0.2, 0.25) is 0 Å². The van der Waals surface area contributed by atoms with Crippen LogP contribution < -0.4 is 24.4 Å². The van der Waals surface area contributed by atoms with Gasteiger partial charge in [-0.15, -0.1) is 0 Å². The molecular weight excluding hydrogens is 372 g/mol. The molecule has 2 aromatic carbocycles. The number of nitrogens with zero attached hydrogens (tertiary/aromatic N) is 1. The summed E-state index contributed by atoms with van der Waals surface area (Å²) in [5, 5.41) is 2.96. The lowest BCUT2D eigenvalue weighted by Gasteiger charge is -2.30. The molecule has 2 aromatic rings. The molecule has 0 unspecified atom stereocenters. The number of morpholine rings is 1. The molecule has 7 heteroatoms. The number of anilines is 1. The van der Waals surface area contributed by atoms with Gasteiger partial charge in [0, 0.05) is 36.4 Å². The number of ether oxygens (including phenoxy) is 4. The number of amides is 1. The molecule has 156 valence electrons. The molecule has 7 nitrogen and oxygen atoms in total. The molecular formula is C22H28N2O5. The normalized spacial score (nSPS) is 13.7. The average Bonchev–Trinajstić information content (AvgIpc) is 2.77. The second kappa shape index (κ2) is 9.52. The van der Waals surface area contributed by atoms with Gasteiger partial charge in [0.25, 0.3) is 5.91 Å². The first kappa shape index (κ1) is 20.8. The molecule has 1 aliphatic heterocycles. The Balaban J connectivity index is 1.72. The van der Waals surface area contributed by atoms with Crippen molar-refractivity contribution >= 4 is 11.6 Å². The minimum atomic E-state index is -0.140. The number of hydrogen-bond donors (Lipinski definition) is 1. The fraction of sp³-hybridized carbons (Fsp3) is 0.409. The molecule has 0 aromatic heterocycles. The first-order valence-corrected chi connectivity index (χ1v) is 9.58. The van der Waals surface area contributed by atoms with Gasteiger partial charge in [0.05, 0.1) is 34.5 Å². The molecule has 0 aliphatic carbocycles. The Bertz CT molecular complexity index is 863. The standard InChI is InChI=1S/C22H28N2O5/c1-15-13-16(5-7-18(15)24-9-11-29-12-10-24)22(25)23-14-17-6-8-19(26-2)21(28-4)20(17)27-3/h5-8,13H,9-12,14H2,1-4H3,(H,23,25). The van der Waals surface area contributed by atoms with Crippen molar-refractivity contribution < 1.29 is 23.7 Å². The lowest BCUT2D eigenvalue weighted by molar-refractivity contribution is 0.0950. The number of methoxy groups -OCH3 is 3. The van der Waals surface area contributed by atoms with Crippen molar-refractivity contribution in [1.29, 1.82) is 0 Å². The number of carbonyl (C=O) groups excluding carboxylic acids is 1. The van der Waals surface area contributed by atoms with Crippen LogP contribution in [0.4, 0.5) is 5.69 Å². The van der Waals surface area contributed by atoms with Crippen LogP contribution >= 0.6 is 0 Å². The summed E-state index contributed by atoms with van der Waals surface area (Å²) in [6, 6.07) is 9.44. The second-order valence-corrected chi connectivity index (χ2v) is 6.78. The van der Waals surface area contributed by atoms with Gasteiger partial charge in [0.1, 0.15) is 0 Å². The minimum absolute atomic E-state index is 0.140. The largest absolute Gasteiger partial charge is 0.493 e. The highest BCUT2D eigenvalue weighted by molar-refractivity contribution is 5.95. The van der Waals surface area contributed by atoms with Crippen LogP contribution in [0.25, 0.3) is 0 Å². The van der Waals surface area contributed by atoms with Gasteiger partial charge in [-0.2, -0.15) is 0 Å². The molecule has 29 heavy (non-hydrogen) atoms. The lowest BCUT2D eigenvalue weighted by atomic mass is 10.1. The third-order valence-corrected chi connectivity index (χ3v) is 5.04. The van der Waals surface area contributed by atoms with Crippen LogP contribution in [0.3, 0.4) is 0 Å². The van der Waals surface area contributed by atoms with E-state index in [4.69, 9.17) is 18.9 Å². The van der Waals surface area contributed by atoms with Gasteiger partial charge in [-0.3, -0.25) is 4.79 Å². The highest BCUT2D eigenvalue weighted by Gasteiger charge is 2.18. The number of nitrogens with one attached hydrogen (secondary N) is 1. The molecule has 0 radical (unpaired) electrons. The average molecular weight is 400 g/mol. The smallest absolute Gasteiger partial charge is 0.251 e. The zero-order chi connectivity index (χ0) is 20.8. The summed E-state index contributed by atoms with van der Waals surface area (Å²) in [5.41, 5.74) is 3.65. The molecule has 1 saturated heterocycles. The highest BCUT2D eigenvalue weighted by Crippen LogP contribution is 2.39. The third kappa shape index (κ3) is 4.56. The van der Waals surface area contributed by atoms with Crippen molar-refractivity contribution in [3.05, 3.63) is 47.0 Å². The summed E-state index contributed by atoms with van der Waals surface area (Å²) in [5.74, 6) is 1.49. The molecule has 0 atom stereocenters. The van der Waals surface area contributed by atoms with E-state index in [1.165, 1.54) is 0 Å². The van der Waals surface area contributed by atoms with Crippen molar-refractivity contribution in [3.63, 3.8) is 0 Å². The molecule has 1 N–H and O–H groups in total. The van der Waals surface area contributed by atoms with Crippen LogP contribution in [-0.2, 0) is 11.3 Å². The maximum atomic E-state index is 12.7. The fourth-order valence-corrected chi connectivity index (χ4v) is 3.54. The maximum Gasteiger partial charge on any atom is 0.251 e. The van der Waals surface area contributed by atoms with Gasteiger partial charge in [0.2, 0.25) is 5.75 Å². The maximum absolute atomic E-state index is 12.7. The van der Waals surface area contributed by atoms with E-state index in [9.17, 15) is 4.79 Å². The van der Waals surface area contributed by atoms with Gasteiger partial charge >= 0.3 is 0 Å². The predicted octanol–water partition coefficient (Wildman–Crippen LogP) is 2.79. The molecule has 1 aliphatic rings. The number of aryl methyl sites for hydroxylation is 1. The first-order chi connectivity index (χ1) is 14.1. The second-order valence-electron chi connectivity index (χ2n) is 6.78. The molecule has 3 rings (SSSR count). The summed E-state index contributed by atoms with van der Waals surface area (Å²) in [6.45, 7) is 5.53. The predicted molar refractivity (Wildman–Crippen MR) is 111 cm³/mol. The quantitative estimate of drug-likeness (QED) is 0.771. The zero-order valence-electron chi connectivity index (χ0n) is 17.4. The molecule has 1 amide bonds. The first-order valence-electron chi connectivity index (χ1n) is 9.58. The molecule has 0 spiro atoms. The minimum Gasteiger partial charge on any atom is -0.493 e. The fourth-order valence-electron chi connectivity index (χ4n) is 3.54. The number of benzene rings is 2. The summed E-state index contributed by atoms with van der Waals surface area (Å²) in [6.07, 6.45) is 0. The molecule has 1 heterocycles. The van der Waals surface area contributed by atoms with Gasteiger partial charge in [-0.1, -0.05) is 0 Å². The topological polar surface area (TPSA) is 69.3 Å². The number of hydrogen-bond acceptors (Lipinski definition) is 6. The Labute approximate surface area is 171 Å². The molecule has 0 bridgehead atoms. The van der Waals surface area contributed by atoms with E-state index in [2.05, 4.69) is 10.2 Å². The van der Waals surface area contributed by atoms with E-state index >= 15 is 0 Å². The van der Waals surface area contributed by atoms with E-state index in [0.29, 0.717) is 29.4 Å². The Morgan fingerprint density at radius 3 is 2.38 bits per heavy atom. The third-order valence-electron chi connectivity index (χ3n) is 5.04. The Kier molecular flexibility index (Phi) is 6.82. The number of rotatable bonds is 7. The number of carbonyl (C=O) groups is 1. The van der Waals surface area contributed by atoms with Crippen LogP contribution in [0.1, 0.15) is 21.5 Å². The van der Waals surface area contributed by atoms with Gasteiger partial charge in [0.15, 0.2) is 11.5 Å². The van der Waals surface area contributed by atoms with Gasteiger partial charge < -0.3 is 29.2 Å². The molecule has 0 saturated carbocycles. The summed E-state index contributed by atoms with van der Waals surface area (Å²) < 4.78 is 21.6. The summed E-state index contributed by atoms with van der Waals surface area (Å²) >= 11 is 0. The van der Waals surface area contributed by atoms with Crippen molar-refractivity contribution in [2.75, 3.05) is 52.5 Å². The van der Waals surface area contributed by atoms with Crippen molar-refractivity contribution in [3.8, 4) is 17.2 Å². The van der Waals surface area contributed by atoms with Crippen molar-refractivity contribution in [1.82, 2.24) is 5.32 Å². The van der Waals surface area contributed by atoms with E-state index in [1.807, 2.05) is 31.2 Å². The Morgan fingerprint density at radius 2 is 1.76 bits per heavy atom. The zero-order valence-corrected chi connectivity index (χ0v) is 17.4. The van der Waals surface area contributed by atoms with E-state index in [-0.39, 0.29) is 5.91 Å². The molecule has 1 fully saturated rings. The monoisotopic (exact) mass is 400 g/mol. The summed E-state index contributed by atoms with van der Waals surface area (Å²) in [7, 11) is 4.69. The van der Waals surface area contributed by atoms with E-state index in [1.54, 1.807) is 27.4 Å². The van der Waals surface area contributed by atoms with Crippen LogP contribution in [-0.4, -0.2) is 53.5 Å². The van der Waals surface area contributed by atoms with Crippen molar-refractivity contribution in [2.45, 2.75) is 13.5 Å². The highest BCUT2D eigenvalue weighted by atomic mass is 16.5. The van der Waals surface area contributed by atoms with Gasteiger partial charge in [-0.25, -0.2) is 0 Å². The van der Waals surface area contributed by atoms with Gasteiger partial charge in [-0.05, 0) is 42.8 Å². The Hall–Kier alpha value is -2.93. The lowest BCUT2D eigenvalue weighted by Crippen LogP contribution is -2.36. The van der Waals surface area contributed by atoms with Crippen LogP contribution in [0, 0.1) is 6.92 Å².